The summed E-state index contributed by atoms with van der Waals surface area (Å²) in [5.41, 5.74) is 3.75. The molecular formula is C24H30FN3O4. The van der Waals surface area contributed by atoms with Crippen molar-refractivity contribution in [3.8, 4) is 0 Å². The van der Waals surface area contributed by atoms with Gasteiger partial charge < -0.3 is 4.98 Å². The monoisotopic (exact) mass is 443 g/mol. The fourth-order valence-electron chi connectivity index (χ4n) is 4.22. The number of H-pyrrole nitrogens is 1. The fourth-order valence-corrected chi connectivity index (χ4v) is 4.22. The molecule has 32 heavy (non-hydrogen) atoms. The van der Waals surface area contributed by atoms with Gasteiger partial charge in [-0.15, -0.1) is 0 Å². The maximum Gasteiger partial charge on any atom is 0.272 e. The third kappa shape index (κ3) is 5.81. The van der Waals surface area contributed by atoms with Gasteiger partial charge in [0, 0.05) is 35.6 Å². The number of hydrogen-bond acceptors (Lipinski definition) is 4. The van der Waals surface area contributed by atoms with Gasteiger partial charge in [0.05, 0.1) is 12.2 Å². The van der Waals surface area contributed by atoms with Crippen molar-refractivity contribution >= 4 is 34.3 Å². The molecule has 1 aromatic heterocycles. The highest BCUT2D eigenvalue weighted by atomic mass is 19.1. The van der Waals surface area contributed by atoms with Crippen LogP contribution in [0.5, 0.6) is 0 Å². The number of nitrogens with one attached hydrogen (secondary N) is 2. The number of amides is 2. The summed E-state index contributed by atoms with van der Waals surface area (Å²) in [7, 11) is 0. The molecule has 1 aliphatic rings. The minimum atomic E-state index is -1.27. The maximum atomic E-state index is 13.1. The quantitative estimate of drug-likeness (QED) is 0.457. The lowest BCUT2D eigenvalue weighted by atomic mass is 9.91. The lowest BCUT2D eigenvalue weighted by molar-refractivity contribution is -0.145. The molecular weight excluding hydrogens is 413 g/mol. The Labute approximate surface area is 186 Å². The van der Waals surface area contributed by atoms with Gasteiger partial charge in [-0.2, -0.15) is 0 Å². The molecule has 0 radical (unpaired) electrons. The predicted molar refractivity (Wildman–Crippen MR) is 118 cm³/mol. The molecule has 1 heterocycles. The number of aromatic nitrogens is 1. The number of fused-ring (bicyclic) bond motifs is 1. The second-order valence-electron chi connectivity index (χ2n) is 8.89. The van der Waals surface area contributed by atoms with E-state index in [9.17, 15) is 23.6 Å². The van der Waals surface area contributed by atoms with Gasteiger partial charge in [0.25, 0.3) is 5.91 Å². The first-order valence-electron chi connectivity index (χ1n) is 11.1. The number of para-hydroxylation sites is 1. The van der Waals surface area contributed by atoms with Crippen molar-refractivity contribution in [2.75, 3.05) is 13.2 Å². The van der Waals surface area contributed by atoms with E-state index >= 15 is 0 Å². The Morgan fingerprint density at radius 3 is 2.62 bits per heavy atom. The van der Waals surface area contributed by atoms with E-state index in [0.717, 1.165) is 22.3 Å². The van der Waals surface area contributed by atoms with Crippen molar-refractivity contribution in [2.24, 2.45) is 17.8 Å². The summed E-state index contributed by atoms with van der Waals surface area (Å²) < 4.78 is 13.1. The van der Waals surface area contributed by atoms with Gasteiger partial charge >= 0.3 is 0 Å². The number of hydrogen-bond donors (Lipinski definition) is 2. The number of carbonyl (C=O) groups is 4. The summed E-state index contributed by atoms with van der Waals surface area (Å²) in [5, 5.41) is 1.82. The summed E-state index contributed by atoms with van der Waals surface area (Å²) in [6, 6.07) is 9.27. The van der Waals surface area contributed by atoms with Crippen LogP contribution in [0.2, 0.25) is 0 Å². The smallest absolute Gasteiger partial charge is 0.272 e. The van der Waals surface area contributed by atoms with E-state index in [1.165, 1.54) is 0 Å². The van der Waals surface area contributed by atoms with Crippen LogP contribution in [0.25, 0.3) is 10.9 Å². The lowest BCUT2D eigenvalue weighted by Gasteiger charge is -2.27. The summed E-state index contributed by atoms with van der Waals surface area (Å²) in [6.07, 6.45) is 2.16. The Bertz CT molecular complexity index is 967. The topological polar surface area (TPSA) is 99.3 Å². The van der Waals surface area contributed by atoms with E-state index in [-0.39, 0.29) is 30.4 Å². The number of benzene rings is 1. The molecule has 2 N–H and O–H groups in total. The second-order valence-corrected chi connectivity index (χ2v) is 8.89. The van der Waals surface area contributed by atoms with E-state index in [1.807, 2.05) is 38.1 Å². The molecule has 0 saturated heterocycles. The SMILES string of the molecule is CC(C)C[C@H](CC(=O)c1cc2ccccc2[nH]1)C(=O)NN(C[C@@H]1CCCC1=O)C(=O)CF. The van der Waals surface area contributed by atoms with Crippen LogP contribution < -0.4 is 5.43 Å². The van der Waals surface area contributed by atoms with Crippen LogP contribution in [0.4, 0.5) is 4.39 Å². The molecule has 3 rings (SSSR count). The second kappa shape index (κ2) is 10.5. The zero-order valence-electron chi connectivity index (χ0n) is 18.5. The molecule has 172 valence electrons. The predicted octanol–water partition coefficient (Wildman–Crippen LogP) is 3.60. The van der Waals surface area contributed by atoms with Crippen LogP contribution in [0.3, 0.4) is 0 Å². The molecule has 2 aromatic rings. The van der Waals surface area contributed by atoms with E-state index in [1.54, 1.807) is 6.07 Å². The van der Waals surface area contributed by atoms with Crippen LogP contribution >= 0.6 is 0 Å². The largest absolute Gasteiger partial charge is 0.352 e. The third-order valence-electron chi connectivity index (χ3n) is 5.88. The fraction of sp³-hybridized carbons (Fsp3) is 0.500. The number of ketones is 2. The van der Waals surface area contributed by atoms with Gasteiger partial charge in [0.1, 0.15) is 5.78 Å². The van der Waals surface area contributed by atoms with Crippen LogP contribution in [-0.4, -0.2) is 46.6 Å². The maximum absolute atomic E-state index is 13.1. The van der Waals surface area contributed by atoms with Crippen molar-refractivity contribution < 1.29 is 23.6 Å². The first kappa shape index (κ1) is 23.6. The van der Waals surface area contributed by atoms with E-state index in [0.29, 0.717) is 25.0 Å². The average molecular weight is 444 g/mol. The lowest BCUT2D eigenvalue weighted by Crippen LogP contribution is -2.51. The van der Waals surface area contributed by atoms with Crippen LogP contribution in [0.15, 0.2) is 30.3 Å². The van der Waals surface area contributed by atoms with Crippen LogP contribution in [0, 0.1) is 17.8 Å². The number of alkyl halides is 1. The molecule has 1 aliphatic carbocycles. The summed E-state index contributed by atoms with van der Waals surface area (Å²) in [4.78, 5) is 53.1. The number of aromatic amines is 1. The third-order valence-corrected chi connectivity index (χ3v) is 5.88. The molecule has 1 aromatic carbocycles. The van der Waals surface area contributed by atoms with Crippen molar-refractivity contribution in [3.05, 3.63) is 36.0 Å². The van der Waals surface area contributed by atoms with Gasteiger partial charge in [0.2, 0.25) is 5.91 Å². The average Bonchev–Trinajstić information content (AvgIpc) is 3.37. The van der Waals surface area contributed by atoms with Crippen LogP contribution in [-0.2, 0) is 14.4 Å². The highest BCUT2D eigenvalue weighted by molar-refractivity contribution is 6.01. The number of carbonyl (C=O) groups excluding carboxylic acids is 4. The molecule has 1 saturated carbocycles. The summed E-state index contributed by atoms with van der Waals surface area (Å²) in [5.74, 6) is -2.58. The Hall–Kier alpha value is -3.03. The minimum absolute atomic E-state index is 0.0172. The van der Waals surface area contributed by atoms with E-state index < -0.39 is 30.3 Å². The highest BCUT2D eigenvalue weighted by Crippen LogP contribution is 2.24. The molecule has 2 amide bonds. The number of rotatable bonds is 9. The van der Waals surface area contributed by atoms with Gasteiger partial charge in [-0.25, -0.2) is 4.39 Å². The Kier molecular flexibility index (Phi) is 7.77. The summed E-state index contributed by atoms with van der Waals surface area (Å²) in [6.45, 7) is 2.56. The molecule has 0 unspecified atom stereocenters. The standard InChI is InChI=1S/C24H30FN3O4/c1-15(2)10-18(12-22(30)20-11-16-6-3-4-8-19(16)26-20)24(32)27-28(23(31)13-25)14-17-7-5-9-21(17)29/h3-4,6,8,11,15,17-18,26H,5,7,9-10,12-14H2,1-2H3,(H,27,32)/t17-,18+/m0/s1. The van der Waals surface area contributed by atoms with Gasteiger partial charge in [-0.1, -0.05) is 32.0 Å². The Balaban J connectivity index is 1.72. The zero-order chi connectivity index (χ0) is 23.3. The van der Waals surface area contributed by atoms with E-state index in [2.05, 4.69) is 10.4 Å². The van der Waals surface area contributed by atoms with Gasteiger partial charge in [-0.05, 0) is 37.3 Å². The Morgan fingerprint density at radius 1 is 1.25 bits per heavy atom. The van der Waals surface area contributed by atoms with E-state index in [4.69, 9.17) is 0 Å². The van der Waals surface area contributed by atoms with Crippen molar-refractivity contribution in [3.63, 3.8) is 0 Å². The minimum Gasteiger partial charge on any atom is -0.352 e. The molecule has 0 aliphatic heterocycles. The number of nitrogens with zero attached hydrogens (tertiary/aromatic N) is 1. The summed E-state index contributed by atoms with van der Waals surface area (Å²) >= 11 is 0. The highest BCUT2D eigenvalue weighted by Gasteiger charge is 2.31. The zero-order valence-corrected chi connectivity index (χ0v) is 18.5. The molecule has 1 fully saturated rings. The number of hydrazine groups is 1. The molecule has 2 atom stereocenters. The molecule has 8 heteroatoms. The molecule has 7 nitrogen and oxygen atoms in total. The normalized spacial score (nSPS) is 17.0. The van der Waals surface area contributed by atoms with Crippen molar-refractivity contribution in [2.45, 2.75) is 46.0 Å². The van der Waals surface area contributed by atoms with Crippen molar-refractivity contribution in [1.82, 2.24) is 15.4 Å². The molecule has 0 spiro atoms. The number of Topliss-reactive ketones (excluding diaryl/α,β-unsaturated/α-hetero) is 2. The van der Waals surface area contributed by atoms with Gasteiger partial charge in [-0.3, -0.25) is 29.6 Å². The first-order chi connectivity index (χ1) is 15.3. The van der Waals surface area contributed by atoms with Crippen LogP contribution in [0.1, 0.15) is 56.4 Å². The molecule has 0 bridgehead atoms. The van der Waals surface area contributed by atoms with Crippen molar-refractivity contribution in [1.29, 1.82) is 0 Å². The Morgan fingerprint density at radius 2 is 2.00 bits per heavy atom. The van der Waals surface area contributed by atoms with Gasteiger partial charge in [0.15, 0.2) is 12.5 Å². The first-order valence-corrected chi connectivity index (χ1v) is 11.1. The number of halogens is 1.